The molecule has 0 aliphatic carbocycles. The minimum atomic E-state index is 0.0439. The summed E-state index contributed by atoms with van der Waals surface area (Å²) < 4.78 is 3.68. The van der Waals surface area contributed by atoms with Gasteiger partial charge in [0.25, 0.3) is 0 Å². The van der Waals surface area contributed by atoms with Crippen LogP contribution in [0.3, 0.4) is 0 Å². The summed E-state index contributed by atoms with van der Waals surface area (Å²) in [5, 5.41) is 11.5. The number of benzene rings is 2. The molecule has 4 aromatic rings. The fourth-order valence-corrected chi connectivity index (χ4v) is 4.70. The van der Waals surface area contributed by atoms with E-state index in [-0.39, 0.29) is 5.69 Å². The van der Waals surface area contributed by atoms with E-state index in [2.05, 4.69) is 64.6 Å². The molecule has 0 aliphatic heterocycles. The zero-order valence-electron chi connectivity index (χ0n) is 20.8. The third kappa shape index (κ3) is 4.53. The van der Waals surface area contributed by atoms with Crippen LogP contribution in [0.15, 0.2) is 53.3 Å². The Morgan fingerprint density at radius 2 is 1.62 bits per heavy atom. The molecule has 2 aromatic carbocycles. The summed E-state index contributed by atoms with van der Waals surface area (Å²) in [6, 6.07) is 16.6. The maximum atomic E-state index is 12.9. The van der Waals surface area contributed by atoms with Crippen molar-refractivity contribution in [2.45, 2.75) is 47.2 Å². The van der Waals surface area contributed by atoms with Gasteiger partial charge in [0.15, 0.2) is 5.82 Å². The highest BCUT2D eigenvalue weighted by Crippen LogP contribution is 2.37. The van der Waals surface area contributed by atoms with Crippen LogP contribution in [-0.4, -0.2) is 50.4 Å². The van der Waals surface area contributed by atoms with Crippen molar-refractivity contribution in [3.05, 3.63) is 59.0 Å². The zero-order valence-corrected chi connectivity index (χ0v) is 20.8. The molecule has 7 nitrogen and oxygen atoms in total. The Labute approximate surface area is 201 Å². The summed E-state index contributed by atoms with van der Waals surface area (Å²) in [7, 11) is 0. The molecule has 2 N–H and O–H groups in total. The predicted octanol–water partition coefficient (Wildman–Crippen LogP) is 5.04. The number of aryl methyl sites for hydroxylation is 2. The van der Waals surface area contributed by atoms with Crippen molar-refractivity contribution in [2.75, 3.05) is 31.5 Å². The Balaban J connectivity index is 1.75. The summed E-state index contributed by atoms with van der Waals surface area (Å²) in [5.74, 6) is 0.845. The first-order valence-corrected chi connectivity index (χ1v) is 12.5. The molecule has 180 valence electrons. The molecule has 0 unspecified atom stereocenters. The van der Waals surface area contributed by atoms with Crippen LogP contribution >= 0.6 is 0 Å². The molecule has 0 aliphatic rings. The number of aromatic nitrogens is 4. The molecule has 0 saturated carbocycles. The first kappa shape index (κ1) is 23.8. The van der Waals surface area contributed by atoms with Crippen LogP contribution in [0.25, 0.3) is 33.4 Å². The number of nitrogens with zero attached hydrogens (tertiary/aromatic N) is 4. The summed E-state index contributed by atoms with van der Waals surface area (Å²) in [5.41, 5.74) is 6.11. The van der Waals surface area contributed by atoms with E-state index in [0.29, 0.717) is 13.1 Å². The topological polar surface area (TPSA) is 70.9 Å². The van der Waals surface area contributed by atoms with E-state index < -0.39 is 0 Å². The SMILES string of the molecule is CCN(CC)CCCNc1n[nH]c(-c2ccccc2)c1-c1ccc2c(c1)n(CC)c(=O)n2CC. The van der Waals surface area contributed by atoms with Crippen LogP contribution < -0.4 is 11.0 Å². The maximum Gasteiger partial charge on any atom is 0.329 e. The van der Waals surface area contributed by atoms with Crippen molar-refractivity contribution >= 4 is 16.9 Å². The molecule has 0 bridgehead atoms. The van der Waals surface area contributed by atoms with E-state index >= 15 is 0 Å². The zero-order chi connectivity index (χ0) is 24.1. The second-order valence-electron chi connectivity index (χ2n) is 8.47. The highest BCUT2D eigenvalue weighted by atomic mass is 16.1. The fourth-order valence-electron chi connectivity index (χ4n) is 4.70. The first-order valence-electron chi connectivity index (χ1n) is 12.5. The van der Waals surface area contributed by atoms with Gasteiger partial charge in [-0.15, -0.1) is 0 Å². The minimum absolute atomic E-state index is 0.0439. The molecule has 0 amide bonds. The van der Waals surface area contributed by atoms with E-state index in [1.165, 1.54) is 0 Å². The summed E-state index contributed by atoms with van der Waals surface area (Å²) in [4.78, 5) is 15.3. The molecule has 0 spiro atoms. The van der Waals surface area contributed by atoms with Gasteiger partial charge < -0.3 is 10.2 Å². The summed E-state index contributed by atoms with van der Waals surface area (Å²) in [6.07, 6.45) is 1.04. The molecular formula is C27H36N6O. The molecule has 0 fully saturated rings. The van der Waals surface area contributed by atoms with Gasteiger partial charge in [-0.25, -0.2) is 4.79 Å². The van der Waals surface area contributed by atoms with Crippen molar-refractivity contribution in [2.24, 2.45) is 0 Å². The summed E-state index contributed by atoms with van der Waals surface area (Å²) in [6.45, 7) is 13.8. The smallest absolute Gasteiger partial charge is 0.329 e. The Hall–Kier alpha value is -3.32. The number of hydrogen-bond donors (Lipinski definition) is 2. The minimum Gasteiger partial charge on any atom is -0.368 e. The number of H-pyrrole nitrogens is 1. The van der Waals surface area contributed by atoms with Crippen molar-refractivity contribution in [1.82, 2.24) is 24.2 Å². The lowest BCUT2D eigenvalue weighted by Gasteiger charge is -2.17. The van der Waals surface area contributed by atoms with Crippen LogP contribution in [0.1, 0.15) is 34.1 Å². The number of anilines is 1. The Kier molecular flexibility index (Phi) is 7.53. The molecule has 34 heavy (non-hydrogen) atoms. The molecule has 4 rings (SSSR count). The highest BCUT2D eigenvalue weighted by molar-refractivity contribution is 5.92. The first-order chi connectivity index (χ1) is 16.6. The average molecular weight is 461 g/mol. The molecule has 7 heteroatoms. The van der Waals surface area contributed by atoms with Gasteiger partial charge >= 0.3 is 5.69 Å². The van der Waals surface area contributed by atoms with Gasteiger partial charge in [0.2, 0.25) is 0 Å². The van der Waals surface area contributed by atoms with Crippen LogP contribution in [0.4, 0.5) is 5.82 Å². The lowest BCUT2D eigenvalue weighted by atomic mass is 10.00. The van der Waals surface area contributed by atoms with Crippen molar-refractivity contribution < 1.29 is 0 Å². The third-order valence-electron chi connectivity index (χ3n) is 6.61. The average Bonchev–Trinajstić information content (AvgIpc) is 3.41. The number of fused-ring (bicyclic) bond motifs is 1. The quantitative estimate of drug-likeness (QED) is 0.308. The number of rotatable bonds is 11. The Morgan fingerprint density at radius 3 is 2.29 bits per heavy atom. The number of imidazole rings is 1. The fraction of sp³-hybridized carbons (Fsp3) is 0.407. The van der Waals surface area contributed by atoms with Gasteiger partial charge in [0, 0.05) is 25.2 Å². The molecular weight excluding hydrogens is 424 g/mol. The monoisotopic (exact) mass is 460 g/mol. The number of nitrogens with one attached hydrogen (secondary N) is 2. The van der Waals surface area contributed by atoms with Gasteiger partial charge in [-0.1, -0.05) is 50.2 Å². The van der Waals surface area contributed by atoms with Gasteiger partial charge in [-0.2, -0.15) is 5.10 Å². The normalized spacial score (nSPS) is 11.6. The molecule has 2 heterocycles. The van der Waals surface area contributed by atoms with Gasteiger partial charge in [0.05, 0.1) is 22.3 Å². The van der Waals surface area contributed by atoms with Crippen molar-refractivity contribution in [1.29, 1.82) is 0 Å². The molecule has 0 radical (unpaired) electrons. The lowest BCUT2D eigenvalue weighted by Crippen LogP contribution is -2.25. The van der Waals surface area contributed by atoms with Gasteiger partial charge in [0.1, 0.15) is 0 Å². The molecule has 0 saturated heterocycles. The standard InChI is InChI=1S/C27H36N6O/c1-5-31(6-2)18-12-17-28-26-24(25(29-30-26)20-13-10-9-11-14-20)21-15-16-22-23(19-21)33(8-4)27(34)32(22)7-3/h9-11,13-16,19H,5-8,12,17-18H2,1-4H3,(H2,28,29,30). The number of hydrogen-bond acceptors (Lipinski definition) is 4. The second-order valence-corrected chi connectivity index (χ2v) is 8.47. The van der Waals surface area contributed by atoms with E-state index in [9.17, 15) is 4.79 Å². The Morgan fingerprint density at radius 1 is 0.912 bits per heavy atom. The highest BCUT2D eigenvalue weighted by Gasteiger charge is 2.19. The van der Waals surface area contributed by atoms with Crippen molar-refractivity contribution in [3.63, 3.8) is 0 Å². The summed E-state index contributed by atoms with van der Waals surface area (Å²) >= 11 is 0. The maximum absolute atomic E-state index is 12.9. The van der Waals surface area contributed by atoms with Crippen LogP contribution in [0.5, 0.6) is 0 Å². The van der Waals surface area contributed by atoms with Gasteiger partial charge in [-0.05, 0) is 57.6 Å². The molecule has 0 atom stereocenters. The van der Waals surface area contributed by atoms with E-state index in [0.717, 1.165) is 71.8 Å². The lowest BCUT2D eigenvalue weighted by molar-refractivity contribution is 0.303. The van der Waals surface area contributed by atoms with Crippen LogP contribution in [0.2, 0.25) is 0 Å². The van der Waals surface area contributed by atoms with E-state index in [4.69, 9.17) is 0 Å². The largest absolute Gasteiger partial charge is 0.368 e. The van der Waals surface area contributed by atoms with Crippen molar-refractivity contribution in [3.8, 4) is 22.4 Å². The Bertz CT molecular complexity index is 1280. The molecule has 2 aromatic heterocycles. The number of aromatic amines is 1. The van der Waals surface area contributed by atoms with E-state index in [1.807, 2.05) is 41.2 Å². The predicted molar refractivity (Wildman–Crippen MR) is 141 cm³/mol. The van der Waals surface area contributed by atoms with Gasteiger partial charge in [-0.3, -0.25) is 14.2 Å². The second kappa shape index (κ2) is 10.7. The van der Waals surface area contributed by atoms with Crippen LogP contribution in [-0.2, 0) is 13.1 Å². The van der Waals surface area contributed by atoms with E-state index in [1.54, 1.807) is 0 Å². The third-order valence-corrected chi connectivity index (χ3v) is 6.61. The van der Waals surface area contributed by atoms with Crippen LogP contribution in [0, 0.1) is 0 Å².